The van der Waals surface area contributed by atoms with Crippen molar-refractivity contribution in [2.75, 3.05) is 35.5 Å². The summed E-state index contributed by atoms with van der Waals surface area (Å²) in [5, 5.41) is 48.9. The minimum Gasteiger partial charge on any atom is -0.403 e. The molecule has 0 spiro atoms. The van der Waals surface area contributed by atoms with Gasteiger partial charge in [-0.3, -0.25) is 0 Å². The molecular weight excluding hydrogens is 1280 g/mol. The summed E-state index contributed by atoms with van der Waals surface area (Å²) in [7, 11) is 3.14. The first-order valence-electron chi connectivity index (χ1n) is 25.9. The number of benzene rings is 4. The molecule has 7 rings (SSSR count). The molecule has 2 aromatic heterocycles. The number of hydrogen-bond acceptors (Lipinski definition) is 16. The van der Waals surface area contributed by atoms with Gasteiger partial charge in [0.2, 0.25) is 11.9 Å². The summed E-state index contributed by atoms with van der Waals surface area (Å²) in [4.78, 5) is 26.8. The van der Waals surface area contributed by atoms with E-state index in [0.29, 0.717) is 63.9 Å². The molecule has 1 aliphatic rings. The number of nitrogens with zero attached hydrogens (tertiary/aromatic N) is 10. The second-order valence-corrected chi connectivity index (χ2v) is 21.3. The van der Waals surface area contributed by atoms with Crippen LogP contribution in [0.5, 0.6) is 0 Å². The molecule has 0 unspecified atom stereocenters. The van der Waals surface area contributed by atoms with E-state index in [9.17, 15) is 0 Å². The van der Waals surface area contributed by atoms with E-state index in [0.717, 1.165) is 65.4 Å². The van der Waals surface area contributed by atoms with Gasteiger partial charge in [0.05, 0.1) is 87.9 Å². The topological polar surface area (TPSA) is 240 Å². The lowest BCUT2D eigenvalue weighted by Gasteiger charge is -2.32. The molecule has 1 aliphatic heterocycles. The number of nitriles is 4. The summed E-state index contributed by atoms with van der Waals surface area (Å²) in [6, 6.07) is 30.3. The van der Waals surface area contributed by atoms with E-state index in [2.05, 4.69) is 124 Å². The largest absolute Gasteiger partial charge is 0.454 e. The van der Waals surface area contributed by atoms with Gasteiger partial charge in [-0.25, -0.2) is 19.7 Å². The van der Waals surface area contributed by atoms with Crippen LogP contribution in [0.1, 0.15) is 133 Å². The molecule has 4 N–H and O–H groups in total. The van der Waals surface area contributed by atoms with Gasteiger partial charge in [-0.1, -0.05) is 45.6 Å². The van der Waals surface area contributed by atoms with E-state index in [1.54, 1.807) is 87.7 Å². The van der Waals surface area contributed by atoms with E-state index >= 15 is 0 Å². The fourth-order valence-electron chi connectivity index (χ4n) is 7.93. The quantitative estimate of drug-likeness (QED) is 0.0323. The minimum absolute atomic E-state index is 0. The van der Waals surface area contributed by atoms with Crippen molar-refractivity contribution in [3.8, 4) is 24.3 Å². The first-order valence-corrected chi connectivity index (χ1v) is 27.9. The van der Waals surface area contributed by atoms with Gasteiger partial charge >= 0.3 is 7.12 Å². The van der Waals surface area contributed by atoms with E-state index in [1.165, 1.54) is 12.2 Å². The maximum atomic E-state index is 9.06. The zero-order valence-corrected chi connectivity index (χ0v) is 53.0. The number of aryl methyl sites for hydroxylation is 4. The van der Waals surface area contributed by atoms with Crippen LogP contribution in [0.2, 0.25) is 6.82 Å². The molecule has 460 valence electrons. The van der Waals surface area contributed by atoms with Gasteiger partial charge in [0, 0.05) is 54.7 Å². The Morgan fingerprint density at radius 1 is 0.625 bits per heavy atom. The third-order valence-electron chi connectivity index (χ3n) is 12.6. The van der Waals surface area contributed by atoms with Crippen molar-refractivity contribution in [3.63, 3.8) is 0 Å². The molecule has 6 aromatic rings. The zero-order valence-electron chi connectivity index (χ0n) is 49.2. The number of rotatable bonds is 15. The molecule has 0 aliphatic carbocycles. The molecule has 18 nitrogen and oxygen atoms in total. The lowest BCUT2D eigenvalue weighted by atomic mass is 9.90. The normalized spacial score (nSPS) is 12.4. The molecule has 88 heavy (non-hydrogen) atoms. The number of aromatic nitrogens is 4. The molecule has 0 atom stereocenters. The number of halogens is 2. The van der Waals surface area contributed by atoms with Crippen LogP contribution >= 0.6 is 38.5 Å². The maximum Gasteiger partial charge on any atom is 0.454 e. The molecule has 0 bridgehead atoms. The van der Waals surface area contributed by atoms with Crippen molar-refractivity contribution in [2.45, 2.75) is 130 Å². The van der Waals surface area contributed by atoms with Gasteiger partial charge < -0.3 is 40.0 Å². The van der Waals surface area contributed by atoms with Crippen molar-refractivity contribution in [1.29, 1.82) is 21.0 Å². The van der Waals surface area contributed by atoms with Gasteiger partial charge in [-0.05, 0) is 228 Å². The van der Waals surface area contributed by atoms with Gasteiger partial charge in [0.1, 0.15) is 11.6 Å². The van der Waals surface area contributed by atoms with Crippen LogP contribution in [0, 0.1) is 89.7 Å². The standard InChI is InChI=1S/C28H25N7O.C24H21IN6O.C7H15BO2.C4H4BrN.4CH4/c1-18-13-22(7-6-12-29)14-19(2)26(18)34-27-24(15-20(3)31-4)25(17-36-5)33-28(35-27)32-23-10-8-21(16-30)9-11-23;1-15-11-18(5-4-10-26)12-16(2)22(15)30-23-21(25)20(14-32-3)29-24(31-23)28-19-8-6-17(13-27)7-9-19;1-6(2)7(3,4)10-8(5)9-6;1-4(3-5)6-2;;;;/h6-11,13-15H,17H2,1-3,5H3,(H2,32,33,34,35);4-9,11-12H,14H2,1-3H3,(H2,28,29,30,31);1-5H3;3H,1H3;4*1H4/b7-6+,20-15+;5-4+;;4-3+;;;;. The van der Waals surface area contributed by atoms with E-state index in [1.807, 2.05) is 83.1 Å². The minimum atomic E-state index is -0.160. The predicted octanol–water partition coefficient (Wildman–Crippen LogP) is 18.6. The molecular formula is C67H81BBrIN14O4. The molecule has 0 radical (unpaired) electrons. The Morgan fingerprint density at radius 3 is 1.33 bits per heavy atom. The van der Waals surface area contributed by atoms with E-state index in [-0.39, 0.29) is 54.6 Å². The second kappa shape index (κ2) is 38.4. The summed E-state index contributed by atoms with van der Waals surface area (Å²) >= 11 is 5.22. The Hall–Kier alpha value is -8.75. The lowest BCUT2D eigenvalue weighted by Crippen LogP contribution is -2.41. The highest BCUT2D eigenvalue weighted by Gasteiger charge is 2.48. The SMILES string of the molecule is C.C.C.C.CB1OC(C)(C)C(C)(C)O1.COCc1nc(Nc2ccc(C#N)cc2)nc(Nc2c(C)cc(/C=C/C#N)cc2C)c1I.[C-]#[N+]/C(C)=C/Br.[C-]#[N+]/C(C)=C/c1c(COC)nc(Nc2ccc(C#N)cc2)nc1Nc1c(C)cc(/C=C/C#N)cc1C. The van der Waals surface area contributed by atoms with Gasteiger partial charge in [0.25, 0.3) is 0 Å². The monoisotopic (exact) mass is 1360 g/mol. The highest BCUT2D eigenvalue weighted by molar-refractivity contribution is 14.1. The highest BCUT2D eigenvalue weighted by atomic mass is 127. The number of hydrogen-bond donors (Lipinski definition) is 4. The number of methoxy groups -OCH3 is 2. The summed E-state index contributed by atoms with van der Waals surface area (Å²) in [6.45, 7) is 35.9. The number of ether oxygens (including phenoxy) is 2. The first-order chi connectivity index (χ1) is 40.0. The summed E-state index contributed by atoms with van der Waals surface area (Å²) < 4.78 is 22.7. The van der Waals surface area contributed by atoms with Crippen molar-refractivity contribution in [3.05, 3.63) is 189 Å². The molecule has 21 heteroatoms. The van der Waals surface area contributed by atoms with Crippen molar-refractivity contribution in [1.82, 2.24) is 19.9 Å². The van der Waals surface area contributed by atoms with E-state index in [4.69, 9.17) is 58.0 Å². The smallest absolute Gasteiger partial charge is 0.403 e. The van der Waals surface area contributed by atoms with Crippen molar-refractivity contribution in [2.24, 2.45) is 0 Å². The summed E-state index contributed by atoms with van der Waals surface area (Å²) in [5.74, 6) is 1.95. The Bertz CT molecular complexity index is 3630. The average molecular weight is 1360 g/mol. The number of nitrogens with one attached hydrogen (secondary N) is 4. The highest BCUT2D eigenvalue weighted by Crippen LogP contribution is 2.37. The van der Waals surface area contributed by atoms with Crippen LogP contribution in [0.15, 0.2) is 101 Å². The van der Waals surface area contributed by atoms with Gasteiger partial charge in [-0.15, -0.1) is 0 Å². The maximum absolute atomic E-state index is 9.06. The summed E-state index contributed by atoms with van der Waals surface area (Å²) in [6.07, 6.45) is 8.20. The number of anilines is 8. The zero-order chi connectivity index (χ0) is 62.1. The lowest BCUT2D eigenvalue weighted by molar-refractivity contribution is 0.00578. The van der Waals surface area contributed by atoms with Crippen LogP contribution < -0.4 is 21.3 Å². The summed E-state index contributed by atoms with van der Waals surface area (Å²) in [5.41, 5.74) is 13.2. The first kappa shape index (κ1) is 79.3. The second-order valence-electron chi connectivity index (χ2n) is 19.7. The van der Waals surface area contributed by atoms with Crippen LogP contribution in [0.3, 0.4) is 0 Å². The predicted molar refractivity (Wildman–Crippen MR) is 373 cm³/mol. The fourth-order valence-corrected chi connectivity index (χ4v) is 8.57. The van der Waals surface area contributed by atoms with Crippen LogP contribution in [0.25, 0.3) is 27.9 Å². The Balaban J connectivity index is 0.00000133. The average Bonchev–Trinajstić information content (AvgIpc) is 2.23. The van der Waals surface area contributed by atoms with Crippen molar-refractivity contribution >= 4 is 110 Å². The Kier molecular flexibility index (Phi) is 34.6. The fraction of sp³-hybridized carbons (Fsp3) is 0.313. The van der Waals surface area contributed by atoms with Gasteiger partial charge in [0.15, 0.2) is 11.4 Å². The van der Waals surface area contributed by atoms with E-state index < -0.39 is 0 Å². The Labute approximate surface area is 545 Å². The van der Waals surface area contributed by atoms with Crippen LogP contribution in [0.4, 0.5) is 46.3 Å². The third kappa shape index (κ3) is 23.5. The van der Waals surface area contributed by atoms with Crippen LogP contribution in [-0.2, 0) is 32.0 Å². The Morgan fingerprint density at radius 2 is 1.00 bits per heavy atom. The number of allylic oxidation sites excluding steroid dienone is 4. The molecule has 0 saturated carbocycles. The van der Waals surface area contributed by atoms with Gasteiger partial charge in [-0.2, -0.15) is 31.0 Å². The molecule has 3 heterocycles. The molecule has 1 fully saturated rings. The molecule has 1 saturated heterocycles. The molecule has 4 aromatic carbocycles. The van der Waals surface area contributed by atoms with Crippen LogP contribution in [-0.4, -0.2) is 52.5 Å². The van der Waals surface area contributed by atoms with Crippen molar-refractivity contribution < 1.29 is 18.8 Å². The molecule has 0 amide bonds. The third-order valence-corrected chi connectivity index (χ3v) is 14.4.